The molecule has 0 saturated heterocycles. The summed E-state index contributed by atoms with van der Waals surface area (Å²) in [5, 5.41) is 0. The van der Waals surface area contributed by atoms with E-state index >= 15 is 0 Å². The Hall–Kier alpha value is -0.530. The van der Waals surface area contributed by atoms with Crippen molar-refractivity contribution >= 4 is 5.97 Å². The molecule has 2 saturated carbocycles. The number of esters is 1. The van der Waals surface area contributed by atoms with Gasteiger partial charge in [0.1, 0.15) is 6.10 Å². The van der Waals surface area contributed by atoms with Gasteiger partial charge in [-0.25, -0.2) is 0 Å². The Morgan fingerprint density at radius 1 is 1.22 bits per heavy atom. The van der Waals surface area contributed by atoms with Gasteiger partial charge in [0.15, 0.2) is 0 Å². The van der Waals surface area contributed by atoms with Crippen molar-refractivity contribution in [3.8, 4) is 0 Å². The zero-order valence-corrected chi connectivity index (χ0v) is 12.2. The average Bonchev–Trinajstić information content (AvgIpc) is 2.34. The summed E-state index contributed by atoms with van der Waals surface area (Å²) in [5.74, 6) is 1.38. The van der Waals surface area contributed by atoms with E-state index in [1.165, 1.54) is 44.9 Å². The lowest BCUT2D eigenvalue weighted by atomic mass is 9.53. The molecule has 1 spiro atoms. The summed E-state index contributed by atoms with van der Waals surface area (Å²) in [6, 6.07) is 0. The van der Waals surface area contributed by atoms with Crippen molar-refractivity contribution in [1.29, 1.82) is 0 Å². The predicted molar refractivity (Wildman–Crippen MR) is 73.3 cm³/mol. The second-order valence-electron chi connectivity index (χ2n) is 6.39. The monoisotopic (exact) mass is 252 g/mol. The van der Waals surface area contributed by atoms with E-state index in [9.17, 15) is 4.79 Å². The van der Waals surface area contributed by atoms with Crippen LogP contribution in [-0.2, 0) is 9.53 Å². The van der Waals surface area contributed by atoms with Crippen molar-refractivity contribution in [2.45, 2.75) is 78.2 Å². The molecular weight excluding hydrogens is 224 g/mol. The molecule has 4 unspecified atom stereocenters. The maximum Gasteiger partial charge on any atom is 0.302 e. The first kappa shape index (κ1) is 13.9. The molecule has 18 heavy (non-hydrogen) atoms. The number of carbonyl (C=O) groups is 1. The lowest BCUT2D eigenvalue weighted by Crippen LogP contribution is -2.52. The molecule has 0 bridgehead atoms. The van der Waals surface area contributed by atoms with Crippen molar-refractivity contribution in [1.82, 2.24) is 0 Å². The van der Waals surface area contributed by atoms with Crippen LogP contribution in [0.15, 0.2) is 0 Å². The highest BCUT2D eigenvalue weighted by atomic mass is 16.5. The van der Waals surface area contributed by atoms with Gasteiger partial charge in [0.2, 0.25) is 0 Å². The second kappa shape index (κ2) is 5.63. The molecule has 4 atom stereocenters. The molecule has 0 radical (unpaired) electrons. The fourth-order valence-corrected chi connectivity index (χ4v) is 4.78. The molecular formula is C16H28O2. The Morgan fingerprint density at radius 3 is 2.67 bits per heavy atom. The van der Waals surface area contributed by atoms with Crippen LogP contribution in [-0.4, -0.2) is 12.1 Å². The van der Waals surface area contributed by atoms with Crippen LogP contribution in [0.1, 0.15) is 72.1 Å². The third-order valence-electron chi connectivity index (χ3n) is 5.59. The van der Waals surface area contributed by atoms with Crippen LogP contribution in [0.3, 0.4) is 0 Å². The van der Waals surface area contributed by atoms with Crippen LogP contribution in [0, 0.1) is 17.3 Å². The third-order valence-corrected chi connectivity index (χ3v) is 5.59. The van der Waals surface area contributed by atoms with Gasteiger partial charge in [0, 0.05) is 12.3 Å². The third kappa shape index (κ3) is 2.31. The van der Waals surface area contributed by atoms with Crippen molar-refractivity contribution in [3.63, 3.8) is 0 Å². The summed E-state index contributed by atoms with van der Waals surface area (Å²) in [6.07, 6.45) is 10.3. The van der Waals surface area contributed by atoms with Crippen LogP contribution in [0.4, 0.5) is 0 Å². The van der Waals surface area contributed by atoms with E-state index in [0.717, 1.165) is 12.3 Å². The number of hydrogen-bond donors (Lipinski definition) is 0. The van der Waals surface area contributed by atoms with Gasteiger partial charge < -0.3 is 4.74 Å². The summed E-state index contributed by atoms with van der Waals surface area (Å²) in [4.78, 5) is 11.4. The minimum atomic E-state index is -0.0890. The van der Waals surface area contributed by atoms with E-state index in [0.29, 0.717) is 5.92 Å². The molecule has 0 aromatic heterocycles. The Bertz CT molecular complexity index is 299. The number of rotatable bonds is 2. The summed E-state index contributed by atoms with van der Waals surface area (Å²) < 4.78 is 5.75. The molecule has 0 aliphatic heterocycles. The fourth-order valence-electron chi connectivity index (χ4n) is 4.78. The molecule has 2 rings (SSSR count). The normalized spacial score (nSPS) is 40.7. The SMILES string of the molecule is CCC1CCCC(C)C12CCCCC2OC(C)=O. The fraction of sp³-hybridized carbons (Fsp3) is 0.938. The van der Waals surface area contributed by atoms with Gasteiger partial charge >= 0.3 is 5.97 Å². The smallest absolute Gasteiger partial charge is 0.302 e. The van der Waals surface area contributed by atoms with Gasteiger partial charge in [0.25, 0.3) is 0 Å². The van der Waals surface area contributed by atoms with Crippen LogP contribution in [0.2, 0.25) is 0 Å². The maximum atomic E-state index is 11.4. The Labute approximate surface area is 111 Å². The molecule has 2 aliphatic carbocycles. The number of ether oxygens (including phenoxy) is 1. The molecule has 104 valence electrons. The molecule has 2 heteroatoms. The minimum Gasteiger partial charge on any atom is -0.462 e. The molecule has 2 nitrogen and oxygen atoms in total. The van der Waals surface area contributed by atoms with E-state index in [2.05, 4.69) is 13.8 Å². The molecule has 2 fully saturated rings. The average molecular weight is 252 g/mol. The molecule has 0 heterocycles. The summed E-state index contributed by atoms with van der Waals surface area (Å²) in [7, 11) is 0. The van der Waals surface area contributed by atoms with Crippen LogP contribution in [0.25, 0.3) is 0 Å². The van der Waals surface area contributed by atoms with Gasteiger partial charge in [-0.1, -0.05) is 39.5 Å². The van der Waals surface area contributed by atoms with Crippen LogP contribution < -0.4 is 0 Å². The first-order valence-corrected chi connectivity index (χ1v) is 7.78. The topological polar surface area (TPSA) is 26.3 Å². The second-order valence-corrected chi connectivity index (χ2v) is 6.39. The van der Waals surface area contributed by atoms with Crippen molar-refractivity contribution in [2.75, 3.05) is 0 Å². The lowest BCUT2D eigenvalue weighted by molar-refractivity contribution is -0.172. The number of carbonyl (C=O) groups excluding carboxylic acids is 1. The van der Waals surface area contributed by atoms with E-state index in [1.807, 2.05) is 0 Å². The minimum absolute atomic E-state index is 0.0890. The summed E-state index contributed by atoms with van der Waals surface area (Å²) >= 11 is 0. The van der Waals surface area contributed by atoms with Gasteiger partial charge in [-0.05, 0) is 37.5 Å². The summed E-state index contributed by atoms with van der Waals surface area (Å²) in [5.41, 5.74) is 0.289. The highest BCUT2D eigenvalue weighted by Gasteiger charge is 2.52. The van der Waals surface area contributed by atoms with Crippen LogP contribution in [0.5, 0.6) is 0 Å². The van der Waals surface area contributed by atoms with Gasteiger partial charge in [-0.15, -0.1) is 0 Å². The van der Waals surface area contributed by atoms with Gasteiger partial charge in [-0.3, -0.25) is 4.79 Å². The first-order chi connectivity index (χ1) is 8.61. The highest BCUT2D eigenvalue weighted by Crippen LogP contribution is 2.56. The Balaban J connectivity index is 2.27. The quantitative estimate of drug-likeness (QED) is 0.684. The molecule has 0 N–H and O–H groups in total. The van der Waals surface area contributed by atoms with Crippen LogP contribution >= 0.6 is 0 Å². The molecule has 0 amide bonds. The number of hydrogen-bond acceptors (Lipinski definition) is 2. The molecule has 0 aromatic carbocycles. The van der Waals surface area contributed by atoms with E-state index in [1.54, 1.807) is 6.92 Å². The largest absolute Gasteiger partial charge is 0.462 e. The predicted octanol–water partition coefficient (Wildman–Crippen LogP) is 4.32. The zero-order chi connectivity index (χ0) is 13.2. The van der Waals surface area contributed by atoms with Crippen molar-refractivity contribution in [2.24, 2.45) is 17.3 Å². The van der Waals surface area contributed by atoms with Crippen molar-refractivity contribution < 1.29 is 9.53 Å². The molecule has 2 aliphatic rings. The zero-order valence-electron chi connectivity index (χ0n) is 12.2. The van der Waals surface area contributed by atoms with E-state index < -0.39 is 0 Å². The van der Waals surface area contributed by atoms with Gasteiger partial charge in [-0.2, -0.15) is 0 Å². The first-order valence-electron chi connectivity index (χ1n) is 7.78. The maximum absolute atomic E-state index is 11.4. The standard InChI is InChI=1S/C16H28O2/c1-4-14-9-7-8-12(2)16(14)11-6-5-10-15(16)18-13(3)17/h12,14-15H,4-11H2,1-3H3. The van der Waals surface area contributed by atoms with Crippen molar-refractivity contribution in [3.05, 3.63) is 0 Å². The molecule has 0 aromatic rings. The lowest BCUT2D eigenvalue weighted by Gasteiger charge is -2.54. The summed E-state index contributed by atoms with van der Waals surface area (Å²) in [6.45, 7) is 6.27. The highest BCUT2D eigenvalue weighted by molar-refractivity contribution is 5.66. The van der Waals surface area contributed by atoms with E-state index in [-0.39, 0.29) is 17.5 Å². The Morgan fingerprint density at radius 2 is 2.00 bits per heavy atom. The van der Waals surface area contributed by atoms with Gasteiger partial charge in [0.05, 0.1) is 0 Å². The Kier molecular flexibility index (Phi) is 4.34. The van der Waals surface area contributed by atoms with E-state index in [4.69, 9.17) is 4.74 Å².